The van der Waals surface area contributed by atoms with Crippen LogP contribution in [0.5, 0.6) is 17.2 Å². The lowest BCUT2D eigenvalue weighted by molar-refractivity contribution is 0.475. The van der Waals surface area contributed by atoms with Gasteiger partial charge in [-0.05, 0) is 43.3 Å². The van der Waals surface area contributed by atoms with Crippen LogP contribution in [0.1, 0.15) is 5.76 Å². The van der Waals surface area contributed by atoms with Crippen LogP contribution in [-0.2, 0) is 0 Å². The number of fused-ring (bicyclic) bond motifs is 2. The van der Waals surface area contributed by atoms with Crippen molar-refractivity contribution in [1.29, 1.82) is 0 Å². The fraction of sp³-hybridized carbons (Fsp3) is 0.0556. The van der Waals surface area contributed by atoms with Gasteiger partial charge in [0.05, 0.1) is 5.52 Å². The lowest BCUT2D eigenvalue weighted by atomic mass is 10.2. The zero-order valence-electron chi connectivity index (χ0n) is 11.9. The monoisotopic (exact) mass is 291 g/mol. The molecule has 0 bridgehead atoms. The molecule has 108 valence electrons. The molecule has 4 aromatic rings. The van der Waals surface area contributed by atoms with E-state index in [-0.39, 0.29) is 5.75 Å². The molecule has 1 N–H and O–H groups in total. The quantitative estimate of drug-likeness (QED) is 0.577. The minimum Gasteiger partial charge on any atom is -0.508 e. The molecule has 4 heteroatoms. The summed E-state index contributed by atoms with van der Waals surface area (Å²) < 4.78 is 11.6. The number of aromatic hydroxyl groups is 1. The topological polar surface area (TPSA) is 55.5 Å². The van der Waals surface area contributed by atoms with E-state index in [1.807, 2.05) is 31.2 Å². The van der Waals surface area contributed by atoms with Crippen molar-refractivity contribution in [3.63, 3.8) is 0 Å². The number of aromatic nitrogens is 1. The second-order valence-corrected chi connectivity index (χ2v) is 5.17. The average molecular weight is 291 g/mol. The number of aryl methyl sites for hydroxylation is 1. The fourth-order valence-corrected chi connectivity index (χ4v) is 2.53. The molecule has 2 aromatic carbocycles. The molecule has 22 heavy (non-hydrogen) atoms. The van der Waals surface area contributed by atoms with Gasteiger partial charge in [-0.25, -0.2) is 0 Å². The number of furan rings is 1. The summed E-state index contributed by atoms with van der Waals surface area (Å²) in [6, 6.07) is 14.6. The molecule has 0 fully saturated rings. The van der Waals surface area contributed by atoms with Crippen LogP contribution < -0.4 is 4.74 Å². The lowest BCUT2D eigenvalue weighted by Crippen LogP contribution is -1.87. The Hall–Kier alpha value is -3.01. The van der Waals surface area contributed by atoms with Crippen molar-refractivity contribution in [3.8, 4) is 17.2 Å². The van der Waals surface area contributed by atoms with E-state index in [0.29, 0.717) is 17.0 Å². The number of rotatable bonds is 2. The minimum absolute atomic E-state index is 0.185. The Labute approximate surface area is 126 Å². The SMILES string of the molecule is Cc1cc2ccc(Oc3ccnc4cc(O)ccc34)cc2o1. The smallest absolute Gasteiger partial charge is 0.138 e. The number of hydrogen-bond acceptors (Lipinski definition) is 4. The third-order valence-electron chi connectivity index (χ3n) is 3.53. The lowest BCUT2D eigenvalue weighted by Gasteiger charge is -2.08. The van der Waals surface area contributed by atoms with Gasteiger partial charge in [0.1, 0.15) is 28.6 Å². The zero-order chi connectivity index (χ0) is 15.1. The number of hydrogen-bond donors (Lipinski definition) is 1. The van der Waals surface area contributed by atoms with Gasteiger partial charge in [-0.3, -0.25) is 4.98 Å². The summed E-state index contributed by atoms with van der Waals surface area (Å²) in [5.41, 5.74) is 1.48. The Morgan fingerprint density at radius 2 is 1.95 bits per heavy atom. The first-order valence-electron chi connectivity index (χ1n) is 6.95. The van der Waals surface area contributed by atoms with E-state index in [4.69, 9.17) is 9.15 Å². The maximum Gasteiger partial charge on any atom is 0.138 e. The number of nitrogens with zero attached hydrogens (tertiary/aromatic N) is 1. The summed E-state index contributed by atoms with van der Waals surface area (Å²) in [5.74, 6) is 2.44. The number of pyridine rings is 1. The molecule has 0 aliphatic carbocycles. The first kappa shape index (κ1) is 12.7. The standard InChI is InChI=1S/C18H13NO3/c1-11-8-12-2-4-14(10-18(12)21-11)22-17-6-7-19-16-9-13(20)3-5-15(16)17/h2-10,20H,1H3. The van der Waals surface area contributed by atoms with Crippen molar-refractivity contribution < 1.29 is 14.3 Å². The van der Waals surface area contributed by atoms with Crippen LogP contribution in [0.4, 0.5) is 0 Å². The van der Waals surface area contributed by atoms with Crippen LogP contribution in [0.15, 0.2) is 59.1 Å². The highest BCUT2D eigenvalue weighted by Gasteiger charge is 2.07. The van der Waals surface area contributed by atoms with E-state index in [2.05, 4.69) is 4.98 Å². The van der Waals surface area contributed by atoms with E-state index >= 15 is 0 Å². The molecule has 0 saturated carbocycles. The molecule has 0 aliphatic heterocycles. The maximum absolute atomic E-state index is 9.54. The van der Waals surface area contributed by atoms with Crippen LogP contribution in [-0.4, -0.2) is 10.1 Å². The summed E-state index contributed by atoms with van der Waals surface area (Å²) in [6.45, 7) is 1.92. The van der Waals surface area contributed by atoms with Crippen LogP contribution in [0.25, 0.3) is 21.9 Å². The molecule has 2 aromatic heterocycles. The Balaban J connectivity index is 1.78. The number of phenolic OH excluding ortho intramolecular Hbond substituents is 1. The van der Waals surface area contributed by atoms with E-state index < -0.39 is 0 Å². The van der Waals surface area contributed by atoms with Gasteiger partial charge in [0.15, 0.2) is 0 Å². The van der Waals surface area contributed by atoms with Gasteiger partial charge in [-0.2, -0.15) is 0 Å². The molecule has 4 rings (SSSR count). The molecular weight excluding hydrogens is 278 g/mol. The fourth-order valence-electron chi connectivity index (χ4n) is 2.53. The van der Waals surface area contributed by atoms with Gasteiger partial charge in [0.25, 0.3) is 0 Å². The molecule has 0 radical (unpaired) electrons. The van der Waals surface area contributed by atoms with E-state index in [1.165, 1.54) is 0 Å². The van der Waals surface area contributed by atoms with Gasteiger partial charge < -0.3 is 14.3 Å². The van der Waals surface area contributed by atoms with E-state index in [9.17, 15) is 5.11 Å². The molecule has 2 heterocycles. The molecule has 0 saturated heterocycles. The molecule has 0 amide bonds. The van der Waals surface area contributed by atoms with Gasteiger partial charge in [0, 0.05) is 29.1 Å². The van der Waals surface area contributed by atoms with E-state index in [0.717, 1.165) is 22.1 Å². The third kappa shape index (κ3) is 2.15. The molecule has 0 aliphatic rings. The number of ether oxygens (including phenoxy) is 1. The Bertz CT molecular complexity index is 988. The molecular formula is C18H13NO3. The molecule has 0 unspecified atom stereocenters. The predicted octanol–water partition coefficient (Wildman–Crippen LogP) is 4.79. The van der Waals surface area contributed by atoms with Crippen molar-refractivity contribution in [3.05, 3.63) is 60.5 Å². The normalized spacial score (nSPS) is 11.1. The van der Waals surface area contributed by atoms with Crippen LogP contribution in [0.3, 0.4) is 0 Å². The second-order valence-electron chi connectivity index (χ2n) is 5.17. The van der Waals surface area contributed by atoms with Crippen molar-refractivity contribution >= 4 is 21.9 Å². The highest BCUT2D eigenvalue weighted by atomic mass is 16.5. The van der Waals surface area contributed by atoms with Crippen LogP contribution >= 0.6 is 0 Å². The Morgan fingerprint density at radius 3 is 2.86 bits per heavy atom. The summed E-state index contributed by atoms with van der Waals surface area (Å²) in [5, 5.41) is 11.4. The Kier molecular flexibility index (Phi) is 2.76. The van der Waals surface area contributed by atoms with Gasteiger partial charge in [-0.1, -0.05) is 0 Å². The first-order valence-corrected chi connectivity index (χ1v) is 6.95. The Morgan fingerprint density at radius 1 is 1.05 bits per heavy atom. The third-order valence-corrected chi connectivity index (χ3v) is 3.53. The summed E-state index contributed by atoms with van der Waals surface area (Å²) in [7, 11) is 0. The van der Waals surface area contributed by atoms with Crippen molar-refractivity contribution in [1.82, 2.24) is 4.98 Å². The zero-order valence-corrected chi connectivity index (χ0v) is 11.9. The van der Waals surface area contributed by atoms with Gasteiger partial charge in [-0.15, -0.1) is 0 Å². The van der Waals surface area contributed by atoms with E-state index in [1.54, 1.807) is 30.5 Å². The second kappa shape index (κ2) is 4.77. The average Bonchev–Trinajstić information content (AvgIpc) is 2.86. The largest absolute Gasteiger partial charge is 0.508 e. The van der Waals surface area contributed by atoms with Gasteiger partial charge in [0.2, 0.25) is 0 Å². The highest BCUT2D eigenvalue weighted by Crippen LogP contribution is 2.32. The van der Waals surface area contributed by atoms with Crippen molar-refractivity contribution in [2.24, 2.45) is 0 Å². The highest BCUT2D eigenvalue weighted by molar-refractivity contribution is 5.86. The maximum atomic E-state index is 9.54. The number of phenols is 1. The van der Waals surface area contributed by atoms with Crippen LogP contribution in [0.2, 0.25) is 0 Å². The molecule has 4 nitrogen and oxygen atoms in total. The summed E-state index contributed by atoms with van der Waals surface area (Å²) in [6.07, 6.45) is 1.66. The summed E-state index contributed by atoms with van der Waals surface area (Å²) in [4.78, 5) is 4.24. The minimum atomic E-state index is 0.185. The predicted molar refractivity (Wildman–Crippen MR) is 84.4 cm³/mol. The van der Waals surface area contributed by atoms with Gasteiger partial charge >= 0.3 is 0 Å². The van der Waals surface area contributed by atoms with Crippen molar-refractivity contribution in [2.45, 2.75) is 6.92 Å². The number of benzene rings is 2. The first-order chi connectivity index (χ1) is 10.7. The molecule has 0 spiro atoms. The van der Waals surface area contributed by atoms with Crippen molar-refractivity contribution in [2.75, 3.05) is 0 Å². The molecule has 0 atom stereocenters. The van der Waals surface area contributed by atoms with Crippen LogP contribution in [0, 0.1) is 6.92 Å². The summed E-state index contributed by atoms with van der Waals surface area (Å²) >= 11 is 0.